The molecule has 1 heterocycles. The lowest BCUT2D eigenvalue weighted by Gasteiger charge is -2.03. The summed E-state index contributed by atoms with van der Waals surface area (Å²) < 4.78 is 5.66. The second-order valence-corrected chi connectivity index (χ2v) is 5.01. The summed E-state index contributed by atoms with van der Waals surface area (Å²) in [5.41, 5.74) is 1.48. The molecule has 0 radical (unpaired) electrons. The van der Waals surface area contributed by atoms with Crippen molar-refractivity contribution in [1.29, 1.82) is 0 Å². The first kappa shape index (κ1) is 13.9. The maximum absolute atomic E-state index is 12.5. The van der Waals surface area contributed by atoms with Crippen LogP contribution in [0.3, 0.4) is 0 Å². The molecule has 2 N–H and O–H groups in total. The molecule has 22 heavy (non-hydrogen) atoms. The monoisotopic (exact) mass is 294 g/mol. The first-order valence-corrected chi connectivity index (χ1v) is 6.78. The van der Waals surface area contributed by atoms with Crippen LogP contribution in [0.4, 0.5) is 0 Å². The van der Waals surface area contributed by atoms with E-state index in [1.54, 1.807) is 37.3 Å². The fraction of sp³-hybridized carbons (Fsp3) is 0.0556. The predicted molar refractivity (Wildman–Crippen MR) is 85.9 cm³/mol. The van der Waals surface area contributed by atoms with Crippen LogP contribution in [-0.4, -0.2) is 10.2 Å². The number of hydrogen-bond donors (Lipinski definition) is 2. The predicted octanol–water partition coefficient (Wildman–Crippen LogP) is 3.68. The molecule has 4 heteroatoms. The Labute approximate surface area is 126 Å². The standard InChI is InChI=1S/C18H14O4/c1-11-15(7-6-12-8-13(19)10-14(20)9-12)18(21)16-4-2-3-5-17(16)22-11/h2-10,19-20H,1H3/b7-6+. The summed E-state index contributed by atoms with van der Waals surface area (Å²) in [5.74, 6) is 0.438. The van der Waals surface area contributed by atoms with Gasteiger partial charge < -0.3 is 14.6 Å². The lowest BCUT2D eigenvalue weighted by atomic mass is 10.1. The van der Waals surface area contributed by atoms with Crippen LogP contribution in [0.15, 0.2) is 51.7 Å². The van der Waals surface area contributed by atoms with E-state index in [-0.39, 0.29) is 16.9 Å². The van der Waals surface area contributed by atoms with Crippen molar-refractivity contribution in [2.75, 3.05) is 0 Å². The van der Waals surface area contributed by atoms with E-state index in [4.69, 9.17) is 4.42 Å². The SMILES string of the molecule is Cc1oc2ccccc2c(=O)c1/C=C/c1cc(O)cc(O)c1. The molecule has 0 spiro atoms. The largest absolute Gasteiger partial charge is 0.508 e. The van der Waals surface area contributed by atoms with E-state index in [0.29, 0.717) is 27.9 Å². The van der Waals surface area contributed by atoms with Crippen molar-refractivity contribution in [2.45, 2.75) is 6.92 Å². The Morgan fingerprint density at radius 3 is 2.41 bits per heavy atom. The number of aromatic hydroxyl groups is 2. The molecule has 0 unspecified atom stereocenters. The van der Waals surface area contributed by atoms with Crippen LogP contribution in [0.1, 0.15) is 16.9 Å². The molecule has 0 aliphatic rings. The summed E-state index contributed by atoms with van der Waals surface area (Å²) in [7, 11) is 0. The van der Waals surface area contributed by atoms with Gasteiger partial charge in [0.25, 0.3) is 0 Å². The second-order valence-electron chi connectivity index (χ2n) is 5.01. The van der Waals surface area contributed by atoms with Gasteiger partial charge in [-0.1, -0.05) is 18.2 Å². The molecule has 0 bridgehead atoms. The second kappa shape index (κ2) is 5.41. The molecule has 0 aliphatic heterocycles. The van der Waals surface area contributed by atoms with Gasteiger partial charge in [0.2, 0.25) is 0 Å². The zero-order valence-corrected chi connectivity index (χ0v) is 11.9. The van der Waals surface area contributed by atoms with Crippen molar-refractivity contribution in [3.8, 4) is 11.5 Å². The van der Waals surface area contributed by atoms with Gasteiger partial charge in [-0.15, -0.1) is 0 Å². The van der Waals surface area contributed by atoms with Crippen molar-refractivity contribution >= 4 is 23.1 Å². The number of hydrogen-bond acceptors (Lipinski definition) is 4. The quantitative estimate of drug-likeness (QED) is 0.756. The van der Waals surface area contributed by atoms with Gasteiger partial charge in [-0.2, -0.15) is 0 Å². The number of aryl methyl sites for hydroxylation is 1. The molecule has 0 atom stereocenters. The van der Waals surface area contributed by atoms with Crippen LogP contribution in [0.2, 0.25) is 0 Å². The Kier molecular flexibility index (Phi) is 3.43. The number of phenolic OH excluding ortho intramolecular Hbond substituents is 2. The van der Waals surface area contributed by atoms with E-state index >= 15 is 0 Å². The van der Waals surface area contributed by atoms with E-state index < -0.39 is 0 Å². The smallest absolute Gasteiger partial charge is 0.200 e. The molecule has 3 aromatic rings. The zero-order valence-electron chi connectivity index (χ0n) is 11.9. The van der Waals surface area contributed by atoms with Crippen LogP contribution < -0.4 is 5.43 Å². The highest BCUT2D eigenvalue weighted by atomic mass is 16.3. The molecule has 3 rings (SSSR count). The van der Waals surface area contributed by atoms with Crippen LogP contribution in [0.25, 0.3) is 23.1 Å². The highest BCUT2D eigenvalue weighted by Gasteiger charge is 2.08. The fourth-order valence-electron chi connectivity index (χ4n) is 2.35. The van der Waals surface area contributed by atoms with Gasteiger partial charge in [0.1, 0.15) is 22.8 Å². The highest BCUT2D eigenvalue weighted by Crippen LogP contribution is 2.22. The molecule has 0 saturated heterocycles. The van der Waals surface area contributed by atoms with Gasteiger partial charge in [-0.3, -0.25) is 4.79 Å². The summed E-state index contributed by atoms with van der Waals surface area (Å²) in [4.78, 5) is 12.5. The molecule has 110 valence electrons. The minimum atomic E-state index is -0.111. The maximum Gasteiger partial charge on any atom is 0.200 e. The molecule has 0 saturated carbocycles. The van der Waals surface area contributed by atoms with Gasteiger partial charge in [0.15, 0.2) is 5.43 Å². The Bertz CT molecular complexity index is 915. The lowest BCUT2D eigenvalue weighted by Crippen LogP contribution is -2.07. The number of para-hydroxylation sites is 1. The summed E-state index contributed by atoms with van der Waals surface area (Å²) >= 11 is 0. The molecular formula is C18H14O4. The number of fused-ring (bicyclic) bond motifs is 1. The molecule has 0 aliphatic carbocycles. The van der Waals surface area contributed by atoms with Crippen LogP contribution in [-0.2, 0) is 0 Å². The van der Waals surface area contributed by atoms with Gasteiger partial charge in [-0.25, -0.2) is 0 Å². The van der Waals surface area contributed by atoms with Gasteiger partial charge >= 0.3 is 0 Å². The summed E-state index contributed by atoms with van der Waals surface area (Å²) in [5, 5.41) is 19.5. The highest BCUT2D eigenvalue weighted by molar-refractivity contribution is 5.81. The Morgan fingerprint density at radius 2 is 1.68 bits per heavy atom. The first-order chi connectivity index (χ1) is 10.5. The molecule has 0 amide bonds. The Hall–Kier alpha value is -3.01. The van der Waals surface area contributed by atoms with Crippen molar-refractivity contribution in [3.05, 3.63) is 69.6 Å². The lowest BCUT2D eigenvalue weighted by molar-refractivity contribution is 0.450. The Balaban J connectivity index is 2.10. The fourth-order valence-corrected chi connectivity index (χ4v) is 2.35. The zero-order chi connectivity index (χ0) is 15.7. The van der Waals surface area contributed by atoms with E-state index in [1.165, 1.54) is 18.2 Å². The number of phenols is 2. The summed E-state index contributed by atoms with van der Waals surface area (Å²) in [6, 6.07) is 11.3. The minimum Gasteiger partial charge on any atom is -0.508 e. The summed E-state index contributed by atoms with van der Waals surface area (Å²) in [6.45, 7) is 1.73. The first-order valence-electron chi connectivity index (χ1n) is 6.78. The van der Waals surface area contributed by atoms with Gasteiger partial charge in [0, 0.05) is 6.07 Å². The molecular weight excluding hydrogens is 280 g/mol. The van der Waals surface area contributed by atoms with Crippen molar-refractivity contribution in [3.63, 3.8) is 0 Å². The van der Waals surface area contributed by atoms with Crippen molar-refractivity contribution in [2.24, 2.45) is 0 Å². The van der Waals surface area contributed by atoms with Crippen LogP contribution in [0, 0.1) is 6.92 Å². The molecule has 0 fully saturated rings. The van der Waals surface area contributed by atoms with Crippen LogP contribution >= 0.6 is 0 Å². The Morgan fingerprint density at radius 1 is 1.00 bits per heavy atom. The van der Waals surface area contributed by atoms with Gasteiger partial charge in [0.05, 0.1) is 10.9 Å². The van der Waals surface area contributed by atoms with E-state index in [2.05, 4.69) is 0 Å². The average molecular weight is 294 g/mol. The minimum absolute atomic E-state index is 0.0399. The van der Waals surface area contributed by atoms with Crippen LogP contribution in [0.5, 0.6) is 11.5 Å². The average Bonchev–Trinajstić information content (AvgIpc) is 2.46. The third kappa shape index (κ3) is 2.59. The third-order valence-corrected chi connectivity index (χ3v) is 3.39. The third-order valence-electron chi connectivity index (χ3n) is 3.39. The van der Waals surface area contributed by atoms with E-state index in [0.717, 1.165) is 0 Å². The van der Waals surface area contributed by atoms with E-state index in [9.17, 15) is 15.0 Å². The molecule has 2 aromatic carbocycles. The maximum atomic E-state index is 12.5. The normalized spacial score (nSPS) is 11.3. The molecule has 4 nitrogen and oxygen atoms in total. The van der Waals surface area contributed by atoms with Crippen molar-refractivity contribution in [1.82, 2.24) is 0 Å². The van der Waals surface area contributed by atoms with Crippen molar-refractivity contribution < 1.29 is 14.6 Å². The molecule has 1 aromatic heterocycles. The summed E-state index contributed by atoms with van der Waals surface area (Å²) in [6.07, 6.45) is 3.27. The number of rotatable bonds is 2. The number of benzene rings is 2. The topological polar surface area (TPSA) is 70.7 Å². The van der Waals surface area contributed by atoms with E-state index in [1.807, 2.05) is 6.07 Å². The van der Waals surface area contributed by atoms with Gasteiger partial charge in [-0.05, 0) is 42.8 Å².